The Hall–Kier alpha value is -3.53. The van der Waals surface area contributed by atoms with Gasteiger partial charge in [0.2, 0.25) is 0 Å². The first-order valence-corrected chi connectivity index (χ1v) is 7.57. The summed E-state index contributed by atoms with van der Waals surface area (Å²) in [6.07, 6.45) is 0.254. The molecule has 0 aliphatic heterocycles. The molecule has 0 radical (unpaired) electrons. The molecule has 0 aliphatic rings. The lowest BCUT2D eigenvalue weighted by molar-refractivity contribution is 0.0950. The number of H-pyrrole nitrogens is 1. The maximum Gasteiger partial charge on any atom is 0.251 e. The van der Waals surface area contributed by atoms with E-state index in [-0.39, 0.29) is 24.7 Å². The lowest BCUT2D eigenvalue weighted by Gasteiger charge is -2.04. The summed E-state index contributed by atoms with van der Waals surface area (Å²) in [6, 6.07) is 14.8. The Bertz CT molecular complexity index is 927. The third-order valence-electron chi connectivity index (χ3n) is 3.52. The van der Waals surface area contributed by atoms with Gasteiger partial charge in [-0.2, -0.15) is 10.4 Å². The first kappa shape index (κ1) is 16.3. The summed E-state index contributed by atoms with van der Waals surface area (Å²) in [7, 11) is 0. The number of hydrogen-bond donors (Lipinski definition) is 2. The third-order valence-corrected chi connectivity index (χ3v) is 3.52. The third kappa shape index (κ3) is 4.06. The average Bonchev–Trinajstić information content (AvgIpc) is 3.10. The molecule has 0 fully saturated rings. The van der Waals surface area contributed by atoms with E-state index in [0.29, 0.717) is 22.8 Å². The van der Waals surface area contributed by atoms with Crippen LogP contribution in [0.25, 0.3) is 11.4 Å². The summed E-state index contributed by atoms with van der Waals surface area (Å²) >= 11 is 0. The van der Waals surface area contributed by atoms with Crippen molar-refractivity contribution in [2.45, 2.75) is 13.0 Å². The van der Waals surface area contributed by atoms with Crippen LogP contribution in [0.5, 0.6) is 0 Å². The number of aromatic nitrogens is 3. The molecule has 0 saturated carbocycles. The zero-order valence-corrected chi connectivity index (χ0v) is 13.2. The number of benzene rings is 2. The van der Waals surface area contributed by atoms with Crippen molar-refractivity contribution in [3.8, 4) is 17.5 Å². The summed E-state index contributed by atoms with van der Waals surface area (Å²) in [4.78, 5) is 16.5. The lowest BCUT2D eigenvalue weighted by atomic mass is 10.1. The first-order valence-electron chi connectivity index (χ1n) is 7.57. The Labute approximate surface area is 143 Å². The van der Waals surface area contributed by atoms with Gasteiger partial charge in [-0.25, -0.2) is 9.37 Å². The minimum atomic E-state index is -0.328. The largest absolute Gasteiger partial charge is 0.345 e. The van der Waals surface area contributed by atoms with Gasteiger partial charge in [-0.05, 0) is 42.0 Å². The minimum absolute atomic E-state index is 0.176. The topological polar surface area (TPSA) is 94.5 Å². The highest BCUT2D eigenvalue weighted by molar-refractivity contribution is 5.94. The van der Waals surface area contributed by atoms with Crippen molar-refractivity contribution in [1.29, 1.82) is 5.26 Å². The maximum absolute atomic E-state index is 12.9. The van der Waals surface area contributed by atoms with Gasteiger partial charge in [0.1, 0.15) is 11.6 Å². The first-order chi connectivity index (χ1) is 12.2. The quantitative estimate of drug-likeness (QED) is 0.749. The van der Waals surface area contributed by atoms with Crippen LogP contribution in [0.1, 0.15) is 21.7 Å². The molecule has 3 rings (SSSR count). The summed E-state index contributed by atoms with van der Waals surface area (Å²) in [5, 5.41) is 18.3. The summed E-state index contributed by atoms with van der Waals surface area (Å²) in [5.74, 6) is 0.325. The molecule has 0 atom stereocenters. The van der Waals surface area contributed by atoms with Gasteiger partial charge < -0.3 is 5.32 Å². The maximum atomic E-state index is 12.9. The van der Waals surface area contributed by atoms with Crippen LogP contribution in [0.3, 0.4) is 0 Å². The Balaban J connectivity index is 1.64. The molecular weight excluding hydrogens is 321 g/mol. The van der Waals surface area contributed by atoms with Gasteiger partial charge in [0.25, 0.3) is 5.91 Å². The molecule has 0 bridgehead atoms. The normalized spacial score (nSPS) is 10.2. The van der Waals surface area contributed by atoms with Crippen molar-refractivity contribution in [3.05, 3.63) is 71.3 Å². The lowest BCUT2D eigenvalue weighted by Crippen LogP contribution is -2.23. The van der Waals surface area contributed by atoms with Crippen LogP contribution in [0.15, 0.2) is 48.5 Å². The van der Waals surface area contributed by atoms with Crippen molar-refractivity contribution in [3.63, 3.8) is 0 Å². The number of hydrogen-bond acceptors (Lipinski definition) is 4. The monoisotopic (exact) mass is 335 g/mol. The van der Waals surface area contributed by atoms with E-state index in [1.807, 2.05) is 0 Å². The van der Waals surface area contributed by atoms with Crippen LogP contribution in [0.2, 0.25) is 0 Å². The zero-order chi connectivity index (χ0) is 17.6. The number of nitrogens with one attached hydrogen (secondary N) is 2. The van der Waals surface area contributed by atoms with Crippen molar-refractivity contribution in [2.75, 3.05) is 0 Å². The van der Waals surface area contributed by atoms with E-state index in [0.717, 1.165) is 5.56 Å². The molecule has 2 aromatic carbocycles. The highest BCUT2D eigenvalue weighted by Crippen LogP contribution is 2.14. The van der Waals surface area contributed by atoms with E-state index in [1.165, 1.54) is 12.1 Å². The predicted molar refractivity (Wildman–Crippen MR) is 88.7 cm³/mol. The van der Waals surface area contributed by atoms with Gasteiger partial charge >= 0.3 is 0 Å². The number of carbonyl (C=O) groups is 1. The van der Waals surface area contributed by atoms with Gasteiger partial charge in [-0.15, -0.1) is 0 Å². The fourth-order valence-electron chi connectivity index (χ4n) is 2.28. The molecule has 124 valence electrons. The number of amides is 1. The van der Waals surface area contributed by atoms with Gasteiger partial charge in [0.15, 0.2) is 5.82 Å². The number of halogens is 1. The fourth-order valence-corrected chi connectivity index (χ4v) is 2.28. The molecular formula is C18H14FN5O. The Kier molecular flexibility index (Phi) is 4.81. The van der Waals surface area contributed by atoms with Crippen LogP contribution in [-0.4, -0.2) is 21.1 Å². The van der Waals surface area contributed by atoms with E-state index in [4.69, 9.17) is 5.26 Å². The molecule has 1 amide bonds. The highest BCUT2D eigenvalue weighted by atomic mass is 19.1. The predicted octanol–water partition coefficient (Wildman–Crippen LogP) is 2.61. The number of nitriles is 1. The van der Waals surface area contributed by atoms with Gasteiger partial charge in [0.05, 0.1) is 19.0 Å². The van der Waals surface area contributed by atoms with Gasteiger partial charge in [-0.3, -0.25) is 9.89 Å². The number of nitrogens with zero attached hydrogens (tertiary/aromatic N) is 3. The average molecular weight is 335 g/mol. The van der Waals surface area contributed by atoms with Gasteiger partial charge in [0, 0.05) is 11.1 Å². The van der Waals surface area contributed by atoms with E-state index in [1.54, 1.807) is 36.4 Å². The molecule has 1 heterocycles. The summed E-state index contributed by atoms with van der Waals surface area (Å²) in [6.45, 7) is 0.176. The Morgan fingerprint density at radius 2 is 2.04 bits per heavy atom. The number of carbonyl (C=O) groups excluding carboxylic acids is 1. The minimum Gasteiger partial charge on any atom is -0.345 e. The smallest absolute Gasteiger partial charge is 0.251 e. The summed E-state index contributed by atoms with van der Waals surface area (Å²) in [5.41, 5.74) is 1.94. The van der Waals surface area contributed by atoms with Gasteiger partial charge in [-0.1, -0.05) is 12.1 Å². The van der Waals surface area contributed by atoms with Crippen molar-refractivity contribution in [1.82, 2.24) is 20.5 Å². The second-order valence-corrected chi connectivity index (χ2v) is 5.33. The van der Waals surface area contributed by atoms with E-state index in [9.17, 15) is 9.18 Å². The Morgan fingerprint density at radius 3 is 2.80 bits per heavy atom. The molecule has 2 N–H and O–H groups in total. The fraction of sp³-hybridized carbons (Fsp3) is 0.111. The van der Waals surface area contributed by atoms with Crippen LogP contribution in [0, 0.1) is 17.1 Å². The molecule has 0 unspecified atom stereocenters. The molecule has 1 aromatic heterocycles. The van der Waals surface area contributed by atoms with E-state index >= 15 is 0 Å². The molecule has 7 heteroatoms. The molecule has 3 aromatic rings. The van der Waals surface area contributed by atoms with Crippen molar-refractivity contribution in [2.24, 2.45) is 0 Å². The van der Waals surface area contributed by atoms with Crippen molar-refractivity contribution < 1.29 is 9.18 Å². The molecule has 6 nitrogen and oxygen atoms in total. The highest BCUT2D eigenvalue weighted by Gasteiger charge is 2.09. The SMILES string of the molecule is N#CCc1cccc(C(=O)NCc2nc(-c3ccc(F)cc3)n[nH]2)c1. The second kappa shape index (κ2) is 7.36. The van der Waals surface area contributed by atoms with E-state index < -0.39 is 0 Å². The van der Waals surface area contributed by atoms with Crippen LogP contribution in [0.4, 0.5) is 4.39 Å². The van der Waals surface area contributed by atoms with Crippen LogP contribution < -0.4 is 5.32 Å². The summed E-state index contributed by atoms with van der Waals surface area (Å²) < 4.78 is 12.9. The van der Waals surface area contributed by atoms with Crippen LogP contribution >= 0.6 is 0 Å². The second-order valence-electron chi connectivity index (χ2n) is 5.33. The van der Waals surface area contributed by atoms with E-state index in [2.05, 4.69) is 26.6 Å². The number of aromatic amines is 1. The van der Waals surface area contributed by atoms with Crippen LogP contribution in [-0.2, 0) is 13.0 Å². The zero-order valence-electron chi connectivity index (χ0n) is 13.2. The molecule has 0 aliphatic carbocycles. The number of rotatable bonds is 5. The van der Waals surface area contributed by atoms with Crippen molar-refractivity contribution >= 4 is 5.91 Å². The standard InChI is InChI=1S/C18H14FN5O/c19-15-6-4-13(5-7-15)17-22-16(23-24-17)11-21-18(25)14-3-1-2-12(10-14)8-9-20/h1-7,10H,8,11H2,(H,21,25)(H,22,23,24). The molecule has 0 saturated heterocycles. The molecule has 25 heavy (non-hydrogen) atoms. The molecule has 0 spiro atoms. The Morgan fingerprint density at radius 1 is 1.24 bits per heavy atom.